The van der Waals surface area contributed by atoms with Gasteiger partial charge in [-0.2, -0.15) is 13.2 Å². The Morgan fingerprint density at radius 1 is 1.56 bits per heavy atom. The Morgan fingerprint density at radius 3 is 2.67 bits per heavy atom. The highest BCUT2D eigenvalue weighted by atomic mass is 19.4. The molecular formula is C8H10F3N5O2. The lowest BCUT2D eigenvalue weighted by Crippen LogP contribution is -2.25. The summed E-state index contributed by atoms with van der Waals surface area (Å²) >= 11 is 0. The Kier molecular flexibility index (Phi) is 3.89. The van der Waals surface area contributed by atoms with E-state index in [1.165, 1.54) is 6.92 Å². The molecule has 1 aromatic heterocycles. The molecule has 0 spiro atoms. The van der Waals surface area contributed by atoms with Crippen LogP contribution in [0.15, 0.2) is 6.33 Å². The second-order valence-electron chi connectivity index (χ2n) is 3.58. The molecule has 3 N–H and O–H groups in total. The van der Waals surface area contributed by atoms with E-state index < -0.39 is 35.1 Å². The van der Waals surface area contributed by atoms with Gasteiger partial charge in [0.05, 0.1) is 11.3 Å². The first-order valence-electron chi connectivity index (χ1n) is 4.79. The van der Waals surface area contributed by atoms with Crippen LogP contribution in [0.3, 0.4) is 0 Å². The monoisotopic (exact) mass is 265 g/mol. The van der Waals surface area contributed by atoms with Crippen LogP contribution in [0.1, 0.15) is 13.3 Å². The van der Waals surface area contributed by atoms with Gasteiger partial charge in [-0.1, -0.05) is 0 Å². The molecule has 10 heteroatoms. The number of hydrogen-bond donors (Lipinski definition) is 2. The van der Waals surface area contributed by atoms with Crippen LogP contribution >= 0.6 is 0 Å². The minimum atomic E-state index is -4.38. The van der Waals surface area contributed by atoms with E-state index in [-0.39, 0.29) is 5.82 Å². The molecule has 1 rings (SSSR count). The number of nitrogens with one attached hydrogen (secondary N) is 1. The van der Waals surface area contributed by atoms with Crippen LogP contribution in [0.4, 0.5) is 30.5 Å². The lowest BCUT2D eigenvalue weighted by molar-refractivity contribution is -0.383. The normalized spacial score (nSPS) is 13.1. The van der Waals surface area contributed by atoms with E-state index in [4.69, 9.17) is 5.73 Å². The van der Waals surface area contributed by atoms with Gasteiger partial charge in [0.1, 0.15) is 6.33 Å². The van der Waals surface area contributed by atoms with E-state index in [2.05, 4.69) is 15.3 Å². The largest absolute Gasteiger partial charge is 0.391 e. The maximum Gasteiger partial charge on any atom is 0.391 e. The van der Waals surface area contributed by atoms with Crippen molar-refractivity contribution in [1.29, 1.82) is 0 Å². The topological polar surface area (TPSA) is 107 Å². The summed E-state index contributed by atoms with van der Waals surface area (Å²) < 4.78 is 36.3. The van der Waals surface area contributed by atoms with E-state index in [1.807, 2.05) is 0 Å². The molecule has 0 aromatic carbocycles. The molecule has 0 aliphatic carbocycles. The summed E-state index contributed by atoms with van der Waals surface area (Å²) in [6, 6.07) is -1.07. The van der Waals surface area contributed by atoms with Crippen LogP contribution in [-0.2, 0) is 0 Å². The average Bonchev–Trinajstić information content (AvgIpc) is 2.13. The molecule has 1 unspecified atom stereocenters. The van der Waals surface area contributed by atoms with Crippen molar-refractivity contribution < 1.29 is 18.1 Å². The fourth-order valence-corrected chi connectivity index (χ4v) is 1.31. The smallest absolute Gasteiger partial charge is 0.378 e. The molecule has 0 radical (unpaired) electrons. The van der Waals surface area contributed by atoms with Gasteiger partial charge in [-0.3, -0.25) is 10.1 Å². The Labute approximate surface area is 99.4 Å². The molecule has 0 fully saturated rings. The first-order chi connectivity index (χ1) is 8.20. The number of aromatic nitrogens is 2. The Morgan fingerprint density at radius 2 is 2.17 bits per heavy atom. The number of alkyl halides is 3. The quantitative estimate of drug-likeness (QED) is 0.634. The predicted octanol–water partition coefficient (Wildman–Crippen LogP) is 1.72. The van der Waals surface area contributed by atoms with Gasteiger partial charge in [0.25, 0.3) is 0 Å². The highest BCUT2D eigenvalue weighted by molar-refractivity contribution is 5.67. The van der Waals surface area contributed by atoms with E-state index in [0.29, 0.717) is 0 Å². The molecule has 0 saturated heterocycles. The van der Waals surface area contributed by atoms with E-state index in [9.17, 15) is 23.3 Å². The minimum Gasteiger partial charge on any atom is -0.378 e. The summed E-state index contributed by atoms with van der Waals surface area (Å²) in [7, 11) is 0. The third-order valence-electron chi connectivity index (χ3n) is 1.95. The number of halogens is 3. The number of anilines is 2. The highest BCUT2D eigenvalue weighted by Crippen LogP contribution is 2.29. The van der Waals surface area contributed by atoms with Crippen molar-refractivity contribution in [2.75, 3.05) is 11.1 Å². The van der Waals surface area contributed by atoms with E-state index >= 15 is 0 Å². The second kappa shape index (κ2) is 5.02. The number of rotatable bonds is 4. The third kappa shape index (κ3) is 3.71. The SMILES string of the molecule is CC(CC(F)(F)F)Nc1ncnc(N)c1[N+](=O)[O-]. The van der Waals surface area contributed by atoms with Gasteiger partial charge in [-0.15, -0.1) is 0 Å². The van der Waals surface area contributed by atoms with Gasteiger partial charge in [-0.25, -0.2) is 9.97 Å². The molecule has 100 valence electrons. The van der Waals surface area contributed by atoms with Gasteiger partial charge in [0.15, 0.2) is 0 Å². The second-order valence-corrected chi connectivity index (χ2v) is 3.58. The molecule has 1 atom stereocenters. The van der Waals surface area contributed by atoms with Crippen LogP contribution in [0, 0.1) is 10.1 Å². The van der Waals surface area contributed by atoms with E-state index in [1.54, 1.807) is 0 Å². The van der Waals surface area contributed by atoms with E-state index in [0.717, 1.165) is 6.33 Å². The standard InChI is InChI=1S/C8H10F3N5O2/c1-4(2-8(9,10)11)15-7-5(16(17)18)6(12)13-3-14-7/h3-4H,2H2,1H3,(H3,12,13,14,15). The Bertz CT molecular complexity index is 451. The summed E-state index contributed by atoms with van der Waals surface area (Å²) in [5.74, 6) is -0.735. The fraction of sp³-hybridized carbons (Fsp3) is 0.500. The molecule has 0 bridgehead atoms. The van der Waals surface area contributed by atoms with Crippen molar-refractivity contribution in [2.45, 2.75) is 25.6 Å². The molecular weight excluding hydrogens is 255 g/mol. The summed E-state index contributed by atoms with van der Waals surface area (Å²) in [5, 5.41) is 13.0. The highest BCUT2D eigenvalue weighted by Gasteiger charge is 2.31. The van der Waals surface area contributed by atoms with Crippen molar-refractivity contribution >= 4 is 17.3 Å². The maximum atomic E-state index is 12.1. The zero-order chi connectivity index (χ0) is 13.9. The first-order valence-corrected chi connectivity index (χ1v) is 4.79. The minimum absolute atomic E-state index is 0.329. The molecule has 1 aromatic rings. The van der Waals surface area contributed by atoms with Gasteiger partial charge < -0.3 is 11.1 Å². The number of nitrogens with two attached hydrogens (primary N) is 1. The number of nitro groups is 1. The molecule has 0 amide bonds. The van der Waals surface area contributed by atoms with Crippen LogP contribution in [0.5, 0.6) is 0 Å². The van der Waals surface area contributed by atoms with Crippen LogP contribution in [0.25, 0.3) is 0 Å². The summed E-state index contributed by atoms with van der Waals surface area (Å²) in [6.07, 6.45) is -4.58. The average molecular weight is 265 g/mol. The number of hydrogen-bond acceptors (Lipinski definition) is 6. The molecule has 0 saturated carbocycles. The van der Waals surface area contributed by atoms with Crippen molar-refractivity contribution in [2.24, 2.45) is 0 Å². The van der Waals surface area contributed by atoms with Crippen molar-refractivity contribution in [3.8, 4) is 0 Å². The van der Waals surface area contributed by atoms with Crippen LogP contribution in [0.2, 0.25) is 0 Å². The van der Waals surface area contributed by atoms with Crippen molar-refractivity contribution in [3.05, 3.63) is 16.4 Å². The molecule has 1 heterocycles. The fourth-order valence-electron chi connectivity index (χ4n) is 1.31. The Hall–Kier alpha value is -2.13. The molecule has 7 nitrogen and oxygen atoms in total. The maximum absolute atomic E-state index is 12.1. The number of nitrogens with zero attached hydrogens (tertiary/aromatic N) is 3. The van der Waals surface area contributed by atoms with Crippen molar-refractivity contribution in [1.82, 2.24) is 9.97 Å². The van der Waals surface area contributed by atoms with Crippen LogP contribution in [-0.4, -0.2) is 27.1 Å². The number of nitrogen functional groups attached to an aromatic ring is 1. The van der Waals surface area contributed by atoms with Gasteiger partial charge in [0.2, 0.25) is 11.6 Å². The zero-order valence-electron chi connectivity index (χ0n) is 9.23. The van der Waals surface area contributed by atoms with Crippen molar-refractivity contribution in [3.63, 3.8) is 0 Å². The van der Waals surface area contributed by atoms with Gasteiger partial charge in [-0.05, 0) is 6.92 Å². The lowest BCUT2D eigenvalue weighted by atomic mass is 10.2. The lowest BCUT2D eigenvalue weighted by Gasteiger charge is -2.16. The Balaban J connectivity index is 2.91. The summed E-state index contributed by atoms with van der Waals surface area (Å²) in [4.78, 5) is 16.8. The predicted molar refractivity (Wildman–Crippen MR) is 56.9 cm³/mol. The van der Waals surface area contributed by atoms with Gasteiger partial charge in [0, 0.05) is 6.04 Å². The van der Waals surface area contributed by atoms with Crippen LogP contribution < -0.4 is 11.1 Å². The summed E-state index contributed by atoms with van der Waals surface area (Å²) in [6.45, 7) is 1.23. The molecule has 0 aliphatic heterocycles. The third-order valence-corrected chi connectivity index (χ3v) is 1.95. The molecule has 18 heavy (non-hydrogen) atoms. The summed E-state index contributed by atoms with van der Waals surface area (Å²) in [5.41, 5.74) is 4.64. The van der Waals surface area contributed by atoms with Gasteiger partial charge >= 0.3 is 11.9 Å². The first kappa shape index (κ1) is 13.9. The zero-order valence-corrected chi connectivity index (χ0v) is 9.23. The molecule has 0 aliphatic rings.